The van der Waals surface area contributed by atoms with Gasteiger partial charge in [0, 0.05) is 12.0 Å². The fraction of sp³-hybridized carbons (Fsp3) is 0.250. The lowest BCUT2D eigenvalue weighted by molar-refractivity contribution is -0.132. The topological polar surface area (TPSA) is 102 Å². The van der Waals surface area contributed by atoms with Gasteiger partial charge in [0.05, 0.1) is 18.7 Å². The van der Waals surface area contributed by atoms with Gasteiger partial charge in [-0.25, -0.2) is 0 Å². The molecule has 5 rings (SSSR count). The number of hydrogen-bond acceptors (Lipinski definition) is 8. The van der Waals surface area contributed by atoms with E-state index in [1.807, 2.05) is 6.92 Å². The molecule has 1 N–H and O–H groups in total. The van der Waals surface area contributed by atoms with Gasteiger partial charge >= 0.3 is 5.91 Å². The lowest BCUT2D eigenvalue weighted by Crippen LogP contribution is -2.29. The van der Waals surface area contributed by atoms with E-state index in [4.69, 9.17) is 9.47 Å². The van der Waals surface area contributed by atoms with Crippen molar-refractivity contribution in [3.05, 3.63) is 69.7 Å². The molecule has 1 saturated heterocycles. The number of aromatic nitrogens is 2. The number of methoxy groups -OCH3 is 1. The van der Waals surface area contributed by atoms with E-state index >= 15 is 0 Å². The number of ketones is 1. The summed E-state index contributed by atoms with van der Waals surface area (Å²) in [7, 11) is 1.54. The zero-order valence-electron chi connectivity index (χ0n) is 18.2. The van der Waals surface area contributed by atoms with Gasteiger partial charge in [0.15, 0.2) is 0 Å². The average Bonchev–Trinajstić information content (AvgIpc) is 3.48. The molecule has 1 amide bonds. The highest BCUT2D eigenvalue weighted by Crippen LogP contribution is 2.44. The first-order chi connectivity index (χ1) is 15.9. The van der Waals surface area contributed by atoms with Gasteiger partial charge in [0.25, 0.3) is 5.78 Å². The van der Waals surface area contributed by atoms with Crippen LogP contribution >= 0.6 is 11.3 Å². The third kappa shape index (κ3) is 3.54. The number of aliphatic hydroxyl groups is 1. The minimum Gasteiger partial charge on any atom is -0.507 e. The first-order valence-corrected chi connectivity index (χ1v) is 11.2. The van der Waals surface area contributed by atoms with Crippen molar-refractivity contribution in [1.29, 1.82) is 0 Å². The molecule has 1 aromatic heterocycles. The van der Waals surface area contributed by atoms with Crippen LogP contribution in [0.3, 0.4) is 0 Å². The zero-order valence-corrected chi connectivity index (χ0v) is 19.0. The standard InChI is InChI=1S/C24H21N3O5S/c1-12-9-16-10-15(7-8-18(16)32-12)21(28)19-20(14-5-4-6-17(11-14)31-3)27(23(30)22(19)29)24-26-25-13(2)33-24/h4-8,10-12,20,28H,9H2,1-3H3. The van der Waals surface area contributed by atoms with Crippen molar-refractivity contribution in [2.75, 3.05) is 12.0 Å². The maximum absolute atomic E-state index is 13.2. The van der Waals surface area contributed by atoms with Crippen LogP contribution in [0.15, 0.2) is 48.0 Å². The summed E-state index contributed by atoms with van der Waals surface area (Å²) in [5, 5.41) is 20.4. The molecular formula is C24H21N3O5S. The number of carbonyl (C=O) groups is 2. The fourth-order valence-electron chi connectivity index (χ4n) is 4.27. The molecule has 2 aliphatic rings. The van der Waals surface area contributed by atoms with E-state index in [0.29, 0.717) is 28.3 Å². The van der Waals surface area contributed by atoms with Crippen LogP contribution in [-0.2, 0) is 16.0 Å². The second-order valence-electron chi connectivity index (χ2n) is 8.00. The molecule has 0 saturated carbocycles. The molecule has 1 fully saturated rings. The molecule has 0 aliphatic carbocycles. The molecule has 33 heavy (non-hydrogen) atoms. The lowest BCUT2D eigenvalue weighted by atomic mass is 9.94. The lowest BCUT2D eigenvalue weighted by Gasteiger charge is -2.23. The van der Waals surface area contributed by atoms with Crippen LogP contribution in [0.5, 0.6) is 11.5 Å². The summed E-state index contributed by atoms with van der Waals surface area (Å²) in [6.07, 6.45) is 0.745. The van der Waals surface area contributed by atoms with Crippen LogP contribution < -0.4 is 14.4 Å². The summed E-state index contributed by atoms with van der Waals surface area (Å²) >= 11 is 1.20. The fourth-order valence-corrected chi connectivity index (χ4v) is 4.98. The molecule has 2 atom stereocenters. The van der Waals surface area contributed by atoms with Gasteiger partial charge in [-0.3, -0.25) is 14.5 Å². The molecule has 8 nitrogen and oxygen atoms in total. The van der Waals surface area contributed by atoms with Crippen molar-refractivity contribution in [3.8, 4) is 11.5 Å². The molecule has 0 radical (unpaired) electrons. The predicted octanol–water partition coefficient (Wildman–Crippen LogP) is 3.80. The van der Waals surface area contributed by atoms with Gasteiger partial charge in [-0.2, -0.15) is 0 Å². The quantitative estimate of drug-likeness (QED) is 0.357. The van der Waals surface area contributed by atoms with Crippen LogP contribution in [0, 0.1) is 6.92 Å². The zero-order chi connectivity index (χ0) is 23.3. The Labute approximate surface area is 194 Å². The summed E-state index contributed by atoms with van der Waals surface area (Å²) in [4.78, 5) is 27.7. The summed E-state index contributed by atoms with van der Waals surface area (Å²) in [5.41, 5.74) is 2.00. The van der Waals surface area contributed by atoms with E-state index in [9.17, 15) is 14.7 Å². The van der Waals surface area contributed by atoms with Gasteiger partial charge in [-0.05, 0) is 55.3 Å². The van der Waals surface area contributed by atoms with Crippen molar-refractivity contribution < 1.29 is 24.2 Å². The number of nitrogens with zero attached hydrogens (tertiary/aromatic N) is 3. The maximum atomic E-state index is 13.2. The number of amides is 1. The van der Waals surface area contributed by atoms with E-state index in [2.05, 4.69) is 10.2 Å². The Balaban J connectivity index is 1.69. The van der Waals surface area contributed by atoms with Gasteiger partial charge in [0.2, 0.25) is 5.13 Å². The van der Waals surface area contributed by atoms with Crippen molar-refractivity contribution >= 4 is 33.9 Å². The third-order valence-electron chi connectivity index (χ3n) is 5.74. The van der Waals surface area contributed by atoms with Crippen molar-refractivity contribution in [2.45, 2.75) is 32.4 Å². The number of carbonyl (C=O) groups excluding carboxylic acids is 2. The van der Waals surface area contributed by atoms with E-state index in [1.54, 1.807) is 49.4 Å². The molecule has 3 aromatic rings. The highest BCUT2D eigenvalue weighted by Gasteiger charge is 2.48. The van der Waals surface area contributed by atoms with Crippen LogP contribution in [0.2, 0.25) is 0 Å². The smallest absolute Gasteiger partial charge is 0.301 e. The normalized spacial score (nSPS) is 21.2. The number of anilines is 1. The summed E-state index contributed by atoms with van der Waals surface area (Å²) in [5.74, 6) is -0.465. The minimum absolute atomic E-state index is 0.00646. The number of hydrogen-bond donors (Lipinski definition) is 1. The Morgan fingerprint density at radius 3 is 2.76 bits per heavy atom. The summed E-state index contributed by atoms with van der Waals surface area (Å²) < 4.78 is 11.1. The Morgan fingerprint density at radius 1 is 1.21 bits per heavy atom. The molecule has 9 heteroatoms. The van der Waals surface area contributed by atoms with Gasteiger partial charge in [0.1, 0.15) is 28.4 Å². The monoisotopic (exact) mass is 463 g/mol. The first kappa shape index (κ1) is 21.1. The van der Waals surface area contributed by atoms with Crippen LogP contribution in [-0.4, -0.2) is 40.2 Å². The molecular weight excluding hydrogens is 442 g/mol. The summed E-state index contributed by atoms with van der Waals surface area (Å²) in [6.45, 7) is 3.74. The highest BCUT2D eigenvalue weighted by atomic mass is 32.1. The van der Waals surface area contributed by atoms with Gasteiger partial charge in [-0.15, -0.1) is 10.2 Å². The van der Waals surface area contributed by atoms with Crippen LogP contribution in [0.1, 0.15) is 34.7 Å². The molecule has 2 unspecified atom stereocenters. The SMILES string of the molecule is COc1cccc(C2C(=C(O)c3ccc4c(c3)CC(C)O4)C(=O)C(=O)N2c2nnc(C)s2)c1. The van der Waals surface area contributed by atoms with Crippen molar-refractivity contribution in [3.63, 3.8) is 0 Å². The second-order valence-corrected chi connectivity index (χ2v) is 9.16. The van der Waals surface area contributed by atoms with Crippen LogP contribution in [0.4, 0.5) is 5.13 Å². The van der Waals surface area contributed by atoms with Crippen molar-refractivity contribution in [1.82, 2.24) is 10.2 Å². The number of rotatable bonds is 4. The molecule has 2 aliphatic heterocycles. The molecule has 0 spiro atoms. The molecule has 3 heterocycles. The predicted molar refractivity (Wildman–Crippen MR) is 123 cm³/mol. The third-order valence-corrected chi connectivity index (χ3v) is 6.58. The number of aliphatic hydroxyl groups excluding tert-OH is 1. The van der Waals surface area contributed by atoms with E-state index in [1.165, 1.54) is 23.3 Å². The van der Waals surface area contributed by atoms with E-state index < -0.39 is 17.7 Å². The van der Waals surface area contributed by atoms with E-state index in [-0.39, 0.29) is 22.6 Å². The highest BCUT2D eigenvalue weighted by molar-refractivity contribution is 7.15. The number of ether oxygens (including phenoxy) is 2. The van der Waals surface area contributed by atoms with Crippen LogP contribution in [0.25, 0.3) is 5.76 Å². The number of benzene rings is 2. The Hall–Kier alpha value is -3.72. The van der Waals surface area contributed by atoms with Gasteiger partial charge < -0.3 is 14.6 Å². The minimum atomic E-state index is -0.879. The molecule has 2 aromatic carbocycles. The first-order valence-electron chi connectivity index (χ1n) is 10.4. The average molecular weight is 464 g/mol. The molecule has 168 valence electrons. The largest absolute Gasteiger partial charge is 0.507 e. The summed E-state index contributed by atoms with van der Waals surface area (Å²) in [6, 6.07) is 11.5. The van der Waals surface area contributed by atoms with E-state index in [0.717, 1.165) is 11.3 Å². The Bertz CT molecular complexity index is 1310. The Kier molecular flexibility index (Phi) is 5.13. The maximum Gasteiger partial charge on any atom is 0.301 e. The van der Waals surface area contributed by atoms with Crippen molar-refractivity contribution in [2.24, 2.45) is 0 Å². The second kappa shape index (κ2) is 8.00. The Morgan fingerprint density at radius 2 is 2.03 bits per heavy atom. The molecule has 0 bridgehead atoms. The van der Waals surface area contributed by atoms with Gasteiger partial charge in [-0.1, -0.05) is 23.5 Å². The number of Topliss-reactive ketones (excluding diaryl/α,β-unsaturated/α-hetero) is 1. The number of fused-ring (bicyclic) bond motifs is 1. The number of aryl methyl sites for hydroxylation is 1.